The molecule has 3 atom stereocenters. The first-order valence-electron chi connectivity index (χ1n) is 17.1. The second kappa shape index (κ2) is 10.2. The van der Waals surface area contributed by atoms with Crippen molar-refractivity contribution in [1.82, 2.24) is 24.0 Å². The molecule has 2 saturated heterocycles. The molecule has 4 aliphatic carbocycles. The average molecular weight is 647 g/mol. The van der Waals surface area contributed by atoms with Crippen LogP contribution in [0.3, 0.4) is 0 Å². The summed E-state index contributed by atoms with van der Waals surface area (Å²) >= 11 is 0. The number of nitrogens with one attached hydrogen (secondary N) is 1. The zero-order valence-electron chi connectivity index (χ0n) is 27.0. The third-order valence-electron chi connectivity index (χ3n) is 11.8. The van der Waals surface area contributed by atoms with Crippen molar-refractivity contribution in [3.05, 3.63) is 81.8 Å². The minimum absolute atomic E-state index is 0.0778. The van der Waals surface area contributed by atoms with Crippen molar-refractivity contribution in [2.24, 2.45) is 18.9 Å². The van der Waals surface area contributed by atoms with Gasteiger partial charge in [0.25, 0.3) is 11.5 Å². The lowest BCUT2D eigenvalue weighted by Crippen LogP contribution is -2.59. The number of piperazine rings is 1. The number of ether oxygens (including phenoxy) is 1. The van der Waals surface area contributed by atoms with Crippen LogP contribution in [-0.4, -0.2) is 86.5 Å². The molecule has 1 amide bonds. The summed E-state index contributed by atoms with van der Waals surface area (Å²) in [5.41, 5.74) is 6.71. The Morgan fingerprint density at radius 1 is 1.02 bits per heavy atom. The lowest BCUT2D eigenvalue weighted by atomic mass is 10.0. The van der Waals surface area contributed by atoms with E-state index in [1.54, 1.807) is 30.4 Å². The van der Waals surface area contributed by atoms with Crippen LogP contribution in [0.5, 0.6) is 0 Å². The number of pyridine rings is 3. The van der Waals surface area contributed by atoms with Crippen molar-refractivity contribution in [3.63, 3.8) is 0 Å². The van der Waals surface area contributed by atoms with Crippen molar-refractivity contribution in [3.8, 4) is 11.1 Å². The van der Waals surface area contributed by atoms with Gasteiger partial charge in [-0.3, -0.25) is 19.4 Å². The second-order valence-electron chi connectivity index (χ2n) is 14.3. The van der Waals surface area contributed by atoms with Crippen LogP contribution in [0.15, 0.2) is 53.7 Å². The number of fused-ring (bicyclic) bond motifs is 1. The summed E-state index contributed by atoms with van der Waals surface area (Å²) in [6.07, 6.45) is 5.28. The quantitative estimate of drug-likeness (QED) is 0.312. The fraction of sp³-hybridized carbons (Fsp3) is 0.444. The smallest absolute Gasteiger partial charge is 0.276 e. The molecular weight excluding hydrogens is 608 g/mol. The van der Waals surface area contributed by atoms with Gasteiger partial charge in [-0.15, -0.1) is 0 Å². The summed E-state index contributed by atoms with van der Waals surface area (Å²) in [7, 11) is 1.71. The Hall–Kier alpha value is -4.52. The van der Waals surface area contributed by atoms with Gasteiger partial charge in [-0.1, -0.05) is 0 Å². The molecule has 4 aromatic heterocycles. The number of rotatable bonds is 7. The number of aromatic nitrogens is 4. The molecule has 12 heteroatoms. The number of carbonyl (C=O) groups excluding carboxylic acids is 1. The van der Waals surface area contributed by atoms with Crippen molar-refractivity contribution in [2.75, 3.05) is 54.5 Å². The molecule has 2 saturated carbocycles. The first kappa shape index (κ1) is 28.5. The standard InChI is InChI=1S/C36H38N8O4/c1-19-14-41(22-17-48-18-22)7-8-42(19)21-3-4-28(38-13-21)39-26-11-20(15-40(2)35(26)46)23-5-6-37-34(25(23)16-45)44-10-9-43-27(36(44)47)12-24-29-30-31(29)32(30)33(24)43/h3-6,11-13,15,19,22,29-32,45H,7-10,14,16-18H2,1-2H3,(H,38,39)/t19-,29?,30?,31?,32?/m0/s1. The van der Waals surface area contributed by atoms with Gasteiger partial charge in [0, 0.05) is 80.9 Å². The van der Waals surface area contributed by atoms with E-state index in [-0.39, 0.29) is 18.1 Å². The molecule has 0 aromatic carbocycles. The highest BCUT2D eigenvalue weighted by atomic mass is 16.5. The number of hydrogen-bond acceptors (Lipinski definition) is 9. The van der Waals surface area contributed by atoms with Gasteiger partial charge in [-0.05, 0) is 66.1 Å². The maximum Gasteiger partial charge on any atom is 0.276 e. The van der Waals surface area contributed by atoms with Gasteiger partial charge >= 0.3 is 0 Å². The molecule has 7 aliphatic rings. The zero-order chi connectivity index (χ0) is 32.4. The lowest BCUT2D eigenvalue weighted by molar-refractivity contribution is -0.0691. The summed E-state index contributed by atoms with van der Waals surface area (Å²) in [6, 6.07) is 10.6. The minimum atomic E-state index is -0.303. The largest absolute Gasteiger partial charge is 0.392 e. The van der Waals surface area contributed by atoms with Crippen LogP contribution in [0.1, 0.15) is 46.1 Å². The summed E-state index contributed by atoms with van der Waals surface area (Å²) in [4.78, 5) is 43.0. The van der Waals surface area contributed by atoms with E-state index in [9.17, 15) is 14.7 Å². The fourth-order valence-corrected chi connectivity index (χ4v) is 9.07. The van der Waals surface area contributed by atoms with Gasteiger partial charge in [0.1, 0.15) is 23.0 Å². The maximum absolute atomic E-state index is 13.8. The predicted molar refractivity (Wildman–Crippen MR) is 180 cm³/mol. The first-order chi connectivity index (χ1) is 23.4. The van der Waals surface area contributed by atoms with Crippen LogP contribution in [0.25, 0.3) is 11.1 Å². The van der Waals surface area contributed by atoms with Crippen LogP contribution < -0.4 is 20.7 Å². The molecule has 4 fully saturated rings. The molecule has 3 aliphatic heterocycles. The van der Waals surface area contributed by atoms with E-state index in [0.29, 0.717) is 58.9 Å². The number of aryl methyl sites for hydroxylation is 1. The van der Waals surface area contributed by atoms with Gasteiger partial charge < -0.3 is 29.2 Å². The van der Waals surface area contributed by atoms with E-state index in [1.807, 2.05) is 24.4 Å². The average Bonchev–Trinajstić information content (AvgIpc) is 3.84. The highest BCUT2D eigenvalue weighted by Crippen LogP contribution is 2.88. The van der Waals surface area contributed by atoms with Crippen LogP contribution >= 0.6 is 0 Å². The molecule has 0 spiro atoms. The number of aliphatic hydroxyl groups excluding tert-OH is 1. The number of nitrogens with zero attached hydrogens (tertiary/aromatic N) is 7. The van der Waals surface area contributed by atoms with E-state index in [0.717, 1.165) is 68.2 Å². The van der Waals surface area contributed by atoms with E-state index in [1.165, 1.54) is 15.8 Å². The molecular formula is C36H38N8O4. The minimum Gasteiger partial charge on any atom is -0.392 e. The first-order valence-corrected chi connectivity index (χ1v) is 17.1. The molecule has 2 N–H and O–H groups in total. The van der Waals surface area contributed by atoms with Crippen LogP contribution in [0.2, 0.25) is 0 Å². The number of anilines is 4. The number of amides is 1. The third kappa shape index (κ3) is 4.05. The van der Waals surface area contributed by atoms with Crippen molar-refractivity contribution < 1.29 is 14.6 Å². The van der Waals surface area contributed by atoms with Crippen molar-refractivity contribution in [2.45, 2.75) is 44.0 Å². The number of hydrogen-bond donors (Lipinski definition) is 2. The molecule has 7 heterocycles. The summed E-state index contributed by atoms with van der Waals surface area (Å²) in [5, 5.41) is 13.9. The Labute approximate surface area is 277 Å². The van der Waals surface area contributed by atoms with Crippen LogP contribution in [-0.2, 0) is 24.9 Å². The van der Waals surface area contributed by atoms with Crippen molar-refractivity contribution in [1.29, 1.82) is 0 Å². The molecule has 2 unspecified atom stereocenters. The van der Waals surface area contributed by atoms with Gasteiger partial charge in [0.15, 0.2) is 0 Å². The van der Waals surface area contributed by atoms with Crippen LogP contribution in [0.4, 0.5) is 23.0 Å². The molecule has 48 heavy (non-hydrogen) atoms. The predicted octanol–water partition coefficient (Wildman–Crippen LogP) is 2.89. The second-order valence-corrected chi connectivity index (χ2v) is 14.3. The van der Waals surface area contributed by atoms with Gasteiger partial charge in [-0.2, -0.15) is 0 Å². The summed E-state index contributed by atoms with van der Waals surface area (Å²) in [5.74, 6) is 3.99. The fourth-order valence-electron chi connectivity index (χ4n) is 9.07. The highest BCUT2D eigenvalue weighted by molar-refractivity contribution is 6.06. The maximum atomic E-state index is 13.8. The third-order valence-corrected chi connectivity index (χ3v) is 11.8. The Balaban J connectivity index is 0.906. The molecule has 4 aromatic rings. The van der Waals surface area contributed by atoms with Gasteiger partial charge in [0.05, 0.1) is 37.7 Å². The normalized spacial score (nSPS) is 27.0. The Morgan fingerprint density at radius 3 is 2.60 bits per heavy atom. The molecule has 246 valence electrons. The topological polar surface area (TPSA) is 121 Å². The Morgan fingerprint density at radius 2 is 1.88 bits per heavy atom. The van der Waals surface area contributed by atoms with E-state index in [2.05, 4.69) is 42.6 Å². The lowest BCUT2D eigenvalue weighted by Gasteiger charge is -2.46. The SMILES string of the molecule is C[C@H]1CN(C2COC2)CCN1c1ccc(Nc2cc(-c3ccnc(N4CCn5c(cc6c5C5C7C6C57)C4=O)c3CO)cn(C)c2=O)nc1. The molecule has 11 rings (SSSR count). The van der Waals surface area contributed by atoms with Gasteiger partial charge in [-0.25, -0.2) is 9.97 Å². The summed E-state index contributed by atoms with van der Waals surface area (Å²) < 4.78 is 9.15. The van der Waals surface area contributed by atoms with Crippen LogP contribution in [0, 0.1) is 11.8 Å². The van der Waals surface area contributed by atoms with Gasteiger partial charge in [0.2, 0.25) is 0 Å². The molecule has 2 bridgehead atoms. The highest BCUT2D eigenvalue weighted by Gasteiger charge is 2.80. The van der Waals surface area contributed by atoms with E-state index in [4.69, 9.17) is 4.74 Å². The Bertz CT molecular complexity index is 2040. The number of aliphatic hydroxyl groups is 1. The molecule has 12 nitrogen and oxygen atoms in total. The zero-order valence-corrected chi connectivity index (χ0v) is 27.0. The number of carbonyl (C=O) groups is 1. The molecule has 0 radical (unpaired) electrons. The Kier molecular flexibility index (Phi) is 6.08. The summed E-state index contributed by atoms with van der Waals surface area (Å²) in [6.45, 7) is 7.73. The van der Waals surface area contributed by atoms with E-state index >= 15 is 0 Å². The van der Waals surface area contributed by atoms with Crippen molar-refractivity contribution >= 4 is 28.9 Å². The van der Waals surface area contributed by atoms with E-state index < -0.39 is 0 Å². The monoisotopic (exact) mass is 646 g/mol.